The number of nitrogens with one attached hydrogen (secondary N) is 1. The maximum Gasteiger partial charge on any atom is 0.261 e. The molecule has 1 amide bonds. The number of aryl methyl sites for hydroxylation is 1. The van der Waals surface area contributed by atoms with Gasteiger partial charge in [-0.3, -0.25) is 10.1 Å². The van der Waals surface area contributed by atoms with Crippen LogP contribution in [0.3, 0.4) is 0 Å². The molecule has 0 atom stereocenters. The van der Waals surface area contributed by atoms with Gasteiger partial charge in [-0.05, 0) is 43.3 Å². The number of methoxy groups -OCH3 is 1. The predicted molar refractivity (Wildman–Crippen MR) is 104 cm³/mol. The summed E-state index contributed by atoms with van der Waals surface area (Å²) in [5, 5.41) is 3.29. The Morgan fingerprint density at radius 3 is 2.63 bits per heavy atom. The molecule has 0 fully saturated rings. The minimum atomic E-state index is -0.303. The molecule has 140 valence electrons. The van der Waals surface area contributed by atoms with E-state index in [2.05, 4.69) is 10.3 Å². The number of aromatic nitrogens is 1. The van der Waals surface area contributed by atoms with E-state index in [9.17, 15) is 9.18 Å². The first kappa shape index (κ1) is 19.0. The number of nitrogens with zero attached hydrogens (tertiary/aromatic N) is 1. The Hall–Kier alpha value is -2.77. The lowest BCUT2D eigenvalue weighted by Gasteiger charge is -2.10. The summed E-state index contributed by atoms with van der Waals surface area (Å²) < 4.78 is 23.7. The Balaban J connectivity index is 1.77. The average Bonchev–Trinajstić information content (AvgIpc) is 3.03. The van der Waals surface area contributed by atoms with E-state index in [-0.39, 0.29) is 11.7 Å². The van der Waals surface area contributed by atoms with Crippen molar-refractivity contribution in [2.45, 2.75) is 6.92 Å². The molecule has 0 aliphatic carbocycles. The van der Waals surface area contributed by atoms with Gasteiger partial charge < -0.3 is 9.47 Å². The summed E-state index contributed by atoms with van der Waals surface area (Å²) in [6.07, 6.45) is 0. The minimum absolute atomic E-state index is 0.301. The average molecular weight is 386 g/mol. The van der Waals surface area contributed by atoms with Crippen molar-refractivity contribution in [1.82, 2.24) is 4.98 Å². The topological polar surface area (TPSA) is 60.5 Å². The molecule has 1 N–H and O–H groups in total. The normalized spacial score (nSPS) is 10.6. The van der Waals surface area contributed by atoms with E-state index in [1.807, 2.05) is 6.92 Å². The van der Waals surface area contributed by atoms with Gasteiger partial charge in [0.25, 0.3) is 5.91 Å². The zero-order valence-corrected chi connectivity index (χ0v) is 15.8. The molecule has 0 saturated heterocycles. The number of carbonyl (C=O) groups is 1. The number of amides is 1. The van der Waals surface area contributed by atoms with Crippen molar-refractivity contribution in [3.63, 3.8) is 0 Å². The Labute approximate surface area is 160 Å². The maximum atomic E-state index is 13.1. The third-order valence-electron chi connectivity index (χ3n) is 3.81. The standard InChI is InChI=1S/C20H19FN2O3S/c1-13-18(14-7-9-15(21)10-8-14)22-20(27-13)23-19(24)16-5-3-4-6-17(16)26-12-11-25-2/h3-10H,11-12H2,1-2H3,(H,22,23,24). The molecule has 1 aromatic heterocycles. The SMILES string of the molecule is COCCOc1ccccc1C(=O)Nc1nc(-c2ccc(F)cc2)c(C)s1. The van der Waals surface area contributed by atoms with E-state index in [1.54, 1.807) is 43.5 Å². The number of para-hydroxylation sites is 1. The number of hydrogen-bond donors (Lipinski definition) is 1. The first-order chi connectivity index (χ1) is 13.1. The van der Waals surface area contributed by atoms with Crippen molar-refractivity contribution >= 4 is 22.4 Å². The summed E-state index contributed by atoms with van der Waals surface area (Å²) in [6.45, 7) is 2.70. The van der Waals surface area contributed by atoms with Crippen LogP contribution in [-0.4, -0.2) is 31.2 Å². The molecule has 0 aliphatic heterocycles. The van der Waals surface area contributed by atoms with Crippen LogP contribution in [0.4, 0.5) is 9.52 Å². The smallest absolute Gasteiger partial charge is 0.261 e. The van der Waals surface area contributed by atoms with Gasteiger partial charge in [-0.1, -0.05) is 12.1 Å². The largest absolute Gasteiger partial charge is 0.490 e. The molecule has 0 bridgehead atoms. The molecular formula is C20H19FN2O3S. The molecule has 5 nitrogen and oxygen atoms in total. The van der Waals surface area contributed by atoms with Crippen molar-refractivity contribution in [3.8, 4) is 17.0 Å². The Morgan fingerprint density at radius 2 is 1.89 bits per heavy atom. The van der Waals surface area contributed by atoms with Gasteiger partial charge in [0.05, 0.1) is 17.9 Å². The number of rotatable bonds is 7. The Morgan fingerprint density at radius 1 is 1.15 bits per heavy atom. The first-order valence-electron chi connectivity index (χ1n) is 8.34. The highest BCUT2D eigenvalue weighted by atomic mass is 32.1. The van der Waals surface area contributed by atoms with Gasteiger partial charge in [-0.15, -0.1) is 11.3 Å². The monoisotopic (exact) mass is 386 g/mol. The Bertz CT molecular complexity index is 925. The fourth-order valence-corrected chi connectivity index (χ4v) is 3.34. The van der Waals surface area contributed by atoms with Crippen LogP contribution in [0.2, 0.25) is 0 Å². The molecule has 2 aromatic carbocycles. The van der Waals surface area contributed by atoms with Crippen LogP contribution in [-0.2, 0) is 4.74 Å². The van der Waals surface area contributed by atoms with Crippen molar-refractivity contribution in [2.24, 2.45) is 0 Å². The molecule has 0 unspecified atom stereocenters. The van der Waals surface area contributed by atoms with E-state index in [4.69, 9.17) is 9.47 Å². The van der Waals surface area contributed by atoms with Crippen molar-refractivity contribution in [3.05, 3.63) is 64.8 Å². The summed E-state index contributed by atoms with van der Waals surface area (Å²) >= 11 is 1.37. The second-order valence-corrected chi connectivity index (χ2v) is 6.93. The van der Waals surface area contributed by atoms with Crippen LogP contribution < -0.4 is 10.1 Å². The maximum absolute atomic E-state index is 13.1. The predicted octanol–water partition coefficient (Wildman–Crippen LogP) is 4.54. The molecule has 1 heterocycles. The summed E-state index contributed by atoms with van der Waals surface area (Å²) in [4.78, 5) is 18.1. The highest BCUT2D eigenvalue weighted by Gasteiger charge is 2.16. The zero-order chi connectivity index (χ0) is 19.2. The lowest BCUT2D eigenvalue weighted by atomic mass is 10.1. The summed E-state index contributed by atoms with van der Waals surface area (Å²) in [6, 6.07) is 13.1. The van der Waals surface area contributed by atoms with Gasteiger partial charge in [0.2, 0.25) is 0 Å². The van der Waals surface area contributed by atoms with E-state index in [1.165, 1.54) is 23.5 Å². The van der Waals surface area contributed by atoms with Crippen LogP contribution >= 0.6 is 11.3 Å². The minimum Gasteiger partial charge on any atom is -0.490 e. The zero-order valence-electron chi connectivity index (χ0n) is 15.0. The lowest BCUT2D eigenvalue weighted by molar-refractivity contribution is 0.101. The number of halogens is 1. The lowest BCUT2D eigenvalue weighted by Crippen LogP contribution is -2.14. The van der Waals surface area contributed by atoms with E-state index >= 15 is 0 Å². The molecule has 0 radical (unpaired) electrons. The molecule has 0 aliphatic rings. The van der Waals surface area contributed by atoms with Gasteiger partial charge in [0.15, 0.2) is 5.13 Å². The fourth-order valence-electron chi connectivity index (χ4n) is 2.50. The van der Waals surface area contributed by atoms with Crippen LogP contribution in [0.1, 0.15) is 15.2 Å². The summed E-state index contributed by atoms with van der Waals surface area (Å²) in [5.41, 5.74) is 1.94. The number of hydrogen-bond acceptors (Lipinski definition) is 5. The fraction of sp³-hybridized carbons (Fsp3) is 0.200. The van der Waals surface area contributed by atoms with Gasteiger partial charge in [-0.2, -0.15) is 0 Å². The Kier molecular flexibility index (Phi) is 6.16. The second kappa shape index (κ2) is 8.75. The number of anilines is 1. The number of benzene rings is 2. The quantitative estimate of drug-likeness (QED) is 0.606. The van der Waals surface area contributed by atoms with E-state index < -0.39 is 0 Å². The van der Waals surface area contributed by atoms with Crippen molar-refractivity contribution in [2.75, 3.05) is 25.6 Å². The number of carbonyl (C=O) groups excluding carboxylic acids is 1. The number of thiazole rings is 1. The van der Waals surface area contributed by atoms with Gasteiger partial charge >= 0.3 is 0 Å². The van der Waals surface area contributed by atoms with Crippen LogP contribution in [0.5, 0.6) is 5.75 Å². The van der Waals surface area contributed by atoms with Gasteiger partial charge in [-0.25, -0.2) is 9.37 Å². The molecular weight excluding hydrogens is 367 g/mol. The van der Waals surface area contributed by atoms with Crippen molar-refractivity contribution in [1.29, 1.82) is 0 Å². The molecule has 0 saturated carbocycles. The highest BCUT2D eigenvalue weighted by Crippen LogP contribution is 2.31. The molecule has 7 heteroatoms. The molecule has 0 spiro atoms. The molecule has 3 aromatic rings. The van der Waals surface area contributed by atoms with Gasteiger partial charge in [0, 0.05) is 17.6 Å². The van der Waals surface area contributed by atoms with Crippen LogP contribution in [0.25, 0.3) is 11.3 Å². The van der Waals surface area contributed by atoms with Crippen LogP contribution in [0, 0.1) is 12.7 Å². The summed E-state index contributed by atoms with van der Waals surface area (Å²) in [5.74, 6) is -0.119. The summed E-state index contributed by atoms with van der Waals surface area (Å²) in [7, 11) is 1.59. The molecule has 27 heavy (non-hydrogen) atoms. The second-order valence-electron chi connectivity index (χ2n) is 5.72. The molecule has 3 rings (SSSR count). The van der Waals surface area contributed by atoms with Gasteiger partial charge in [0.1, 0.15) is 18.2 Å². The third-order valence-corrected chi connectivity index (χ3v) is 4.70. The number of ether oxygens (including phenoxy) is 2. The van der Waals surface area contributed by atoms with E-state index in [0.717, 1.165) is 16.1 Å². The van der Waals surface area contributed by atoms with Crippen molar-refractivity contribution < 1.29 is 18.7 Å². The first-order valence-corrected chi connectivity index (χ1v) is 9.15. The van der Waals surface area contributed by atoms with E-state index in [0.29, 0.717) is 29.7 Å². The van der Waals surface area contributed by atoms with Crippen LogP contribution in [0.15, 0.2) is 48.5 Å². The third kappa shape index (κ3) is 4.69. The highest BCUT2D eigenvalue weighted by molar-refractivity contribution is 7.16.